The quantitative estimate of drug-likeness (QED) is 0.688. The highest BCUT2D eigenvalue weighted by molar-refractivity contribution is 7.13. The number of anilines is 1. The molecule has 0 saturated carbocycles. The third-order valence-corrected chi connectivity index (χ3v) is 4.54. The smallest absolute Gasteiger partial charge is 0.191 e. The van der Waals surface area contributed by atoms with Crippen molar-refractivity contribution in [1.29, 1.82) is 0 Å². The molecule has 1 saturated heterocycles. The maximum Gasteiger partial charge on any atom is 0.191 e. The average molecular weight is 337 g/mol. The van der Waals surface area contributed by atoms with Gasteiger partial charge < -0.3 is 15.5 Å². The minimum absolute atomic E-state index is 0.0299. The van der Waals surface area contributed by atoms with Crippen molar-refractivity contribution in [2.45, 2.75) is 6.54 Å². The van der Waals surface area contributed by atoms with Crippen LogP contribution >= 0.6 is 11.3 Å². The maximum atomic E-state index is 13.6. The highest BCUT2D eigenvalue weighted by Crippen LogP contribution is 2.19. The van der Waals surface area contributed by atoms with Gasteiger partial charge in [-0.05, 0) is 18.2 Å². The summed E-state index contributed by atoms with van der Waals surface area (Å²) in [5.74, 6) is -0.601. The van der Waals surface area contributed by atoms with Crippen LogP contribution in [-0.4, -0.2) is 42.0 Å². The largest absolute Gasteiger partial charge is 0.370 e. The molecular formula is C15H17F2N5S. The molecular weight excluding hydrogens is 320 g/mol. The number of piperazine rings is 1. The summed E-state index contributed by atoms with van der Waals surface area (Å²) < 4.78 is 26.7. The first-order valence-electron chi connectivity index (χ1n) is 7.27. The fraction of sp³-hybridized carbons (Fsp3) is 0.333. The first-order chi connectivity index (χ1) is 11.1. The molecule has 3 rings (SSSR count). The van der Waals surface area contributed by atoms with Crippen molar-refractivity contribution >= 4 is 22.4 Å². The van der Waals surface area contributed by atoms with E-state index in [4.69, 9.17) is 5.73 Å². The van der Waals surface area contributed by atoms with Gasteiger partial charge in [-0.15, -0.1) is 11.3 Å². The monoisotopic (exact) mass is 337 g/mol. The van der Waals surface area contributed by atoms with Crippen LogP contribution in [0.15, 0.2) is 34.8 Å². The van der Waals surface area contributed by atoms with E-state index in [1.165, 1.54) is 0 Å². The molecule has 23 heavy (non-hydrogen) atoms. The van der Waals surface area contributed by atoms with Crippen molar-refractivity contribution in [1.82, 2.24) is 9.88 Å². The van der Waals surface area contributed by atoms with E-state index in [1.54, 1.807) is 17.5 Å². The van der Waals surface area contributed by atoms with E-state index < -0.39 is 11.6 Å². The van der Waals surface area contributed by atoms with Crippen molar-refractivity contribution < 1.29 is 8.78 Å². The molecule has 0 spiro atoms. The number of halogens is 2. The third kappa shape index (κ3) is 3.76. The van der Waals surface area contributed by atoms with Gasteiger partial charge in [-0.2, -0.15) is 0 Å². The maximum absolute atomic E-state index is 13.6. The van der Waals surface area contributed by atoms with Gasteiger partial charge >= 0.3 is 0 Å². The number of nitrogens with zero attached hydrogens (tertiary/aromatic N) is 4. The molecule has 0 bridgehead atoms. The molecule has 1 aliphatic heterocycles. The van der Waals surface area contributed by atoms with Crippen LogP contribution in [0.4, 0.5) is 13.9 Å². The van der Waals surface area contributed by atoms with Crippen LogP contribution in [-0.2, 0) is 6.54 Å². The summed E-state index contributed by atoms with van der Waals surface area (Å²) in [5, 5.41) is 2.95. The van der Waals surface area contributed by atoms with E-state index in [0.29, 0.717) is 5.96 Å². The van der Waals surface area contributed by atoms with Crippen LogP contribution in [0.3, 0.4) is 0 Å². The van der Waals surface area contributed by atoms with E-state index in [0.717, 1.165) is 49.5 Å². The van der Waals surface area contributed by atoms with Crippen molar-refractivity contribution in [2.24, 2.45) is 10.7 Å². The molecule has 0 radical (unpaired) electrons. The summed E-state index contributed by atoms with van der Waals surface area (Å²) >= 11 is 1.61. The van der Waals surface area contributed by atoms with E-state index in [1.807, 2.05) is 10.3 Å². The van der Waals surface area contributed by atoms with Gasteiger partial charge in [-0.3, -0.25) is 0 Å². The summed E-state index contributed by atoms with van der Waals surface area (Å²) in [6, 6.07) is 3.33. The van der Waals surface area contributed by atoms with E-state index in [9.17, 15) is 8.78 Å². The van der Waals surface area contributed by atoms with Gasteiger partial charge in [0.1, 0.15) is 11.6 Å². The van der Waals surface area contributed by atoms with Crippen LogP contribution in [0, 0.1) is 11.6 Å². The van der Waals surface area contributed by atoms with Crippen LogP contribution in [0.1, 0.15) is 5.56 Å². The summed E-state index contributed by atoms with van der Waals surface area (Å²) in [6.45, 7) is 3.08. The lowest BCUT2D eigenvalue weighted by Gasteiger charge is -2.35. The molecule has 1 aromatic carbocycles. The molecule has 1 aromatic heterocycles. The molecule has 0 aliphatic carbocycles. The SMILES string of the molecule is NC(=NCc1cc(F)ccc1F)N1CCN(c2nccs2)CC1. The van der Waals surface area contributed by atoms with Crippen LogP contribution in [0.5, 0.6) is 0 Å². The normalized spacial score (nSPS) is 16.0. The fourth-order valence-electron chi connectivity index (χ4n) is 2.43. The van der Waals surface area contributed by atoms with Crippen molar-refractivity contribution in [3.8, 4) is 0 Å². The Balaban J connectivity index is 1.58. The number of rotatable bonds is 3. The Kier molecular flexibility index (Phi) is 4.71. The Morgan fingerprint density at radius 2 is 2.04 bits per heavy atom. The van der Waals surface area contributed by atoms with Gasteiger partial charge in [0.15, 0.2) is 11.1 Å². The average Bonchev–Trinajstić information content (AvgIpc) is 3.10. The van der Waals surface area contributed by atoms with Gasteiger partial charge in [-0.25, -0.2) is 18.8 Å². The summed E-state index contributed by atoms with van der Waals surface area (Å²) in [6.07, 6.45) is 1.79. The Hall–Kier alpha value is -2.22. The second-order valence-electron chi connectivity index (χ2n) is 5.20. The molecule has 1 aliphatic rings. The number of nitrogens with two attached hydrogens (primary N) is 1. The molecule has 122 valence electrons. The minimum Gasteiger partial charge on any atom is -0.370 e. The first kappa shape index (κ1) is 15.7. The molecule has 5 nitrogen and oxygen atoms in total. The molecule has 0 atom stereocenters. The second-order valence-corrected chi connectivity index (χ2v) is 6.07. The first-order valence-corrected chi connectivity index (χ1v) is 8.14. The molecule has 2 aromatic rings. The van der Waals surface area contributed by atoms with Gasteiger partial charge in [0.2, 0.25) is 0 Å². The molecule has 2 heterocycles. The molecule has 2 N–H and O–H groups in total. The molecule has 8 heteroatoms. The zero-order valence-electron chi connectivity index (χ0n) is 12.5. The third-order valence-electron chi connectivity index (χ3n) is 3.71. The van der Waals surface area contributed by atoms with Crippen LogP contribution in [0.25, 0.3) is 0 Å². The lowest BCUT2D eigenvalue weighted by molar-refractivity contribution is 0.380. The van der Waals surface area contributed by atoms with E-state index in [-0.39, 0.29) is 12.1 Å². The molecule has 1 fully saturated rings. The standard InChI is InChI=1S/C15H17F2N5S/c16-12-1-2-13(17)11(9-12)10-20-14(18)21-4-6-22(7-5-21)15-19-3-8-23-15/h1-3,8-9H,4-7,10H2,(H2,18,20). The Morgan fingerprint density at radius 3 is 2.74 bits per heavy atom. The highest BCUT2D eigenvalue weighted by atomic mass is 32.1. The summed E-state index contributed by atoms with van der Waals surface area (Å²) in [5.41, 5.74) is 6.18. The summed E-state index contributed by atoms with van der Waals surface area (Å²) in [4.78, 5) is 12.6. The predicted octanol–water partition coefficient (Wildman–Crippen LogP) is 2.06. The summed E-state index contributed by atoms with van der Waals surface area (Å²) in [7, 11) is 0. The van der Waals surface area contributed by atoms with Gasteiger partial charge in [0.05, 0.1) is 6.54 Å². The number of hydrogen-bond acceptors (Lipinski definition) is 4. The van der Waals surface area contributed by atoms with E-state index in [2.05, 4.69) is 14.9 Å². The number of guanidine groups is 1. The van der Waals surface area contributed by atoms with Gasteiger partial charge in [0, 0.05) is 43.3 Å². The minimum atomic E-state index is -0.479. The van der Waals surface area contributed by atoms with Crippen molar-refractivity contribution in [3.05, 3.63) is 47.0 Å². The number of benzene rings is 1. The predicted molar refractivity (Wildman–Crippen MR) is 87.6 cm³/mol. The number of aliphatic imine (C=N–C) groups is 1. The topological polar surface area (TPSA) is 57.8 Å². The zero-order chi connectivity index (χ0) is 16.2. The molecule has 0 unspecified atom stereocenters. The van der Waals surface area contributed by atoms with Crippen LogP contribution in [0.2, 0.25) is 0 Å². The molecule has 0 amide bonds. The fourth-order valence-corrected chi connectivity index (χ4v) is 3.13. The Morgan fingerprint density at radius 1 is 1.26 bits per heavy atom. The highest BCUT2D eigenvalue weighted by Gasteiger charge is 2.19. The number of thiazole rings is 1. The lowest BCUT2D eigenvalue weighted by atomic mass is 10.2. The van der Waals surface area contributed by atoms with Gasteiger partial charge in [-0.1, -0.05) is 0 Å². The number of hydrogen-bond donors (Lipinski definition) is 1. The zero-order valence-corrected chi connectivity index (χ0v) is 13.3. The Labute approximate surface area is 137 Å². The second kappa shape index (κ2) is 6.91. The lowest BCUT2D eigenvalue weighted by Crippen LogP contribution is -2.51. The van der Waals surface area contributed by atoms with Crippen molar-refractivity contribution in [2.75, 3.05) is 31.1 Å². The van der Waals surface area contributed by atoms with E-state index >= 15 is 0 Å². The van der Waals surface area contributed by atoms with Crippen molar-refractivity contribution in [3.63, 3.8) is 0 Å². The van der Waals surface area contributed by atoms with Crippen LogP contribution < -0.4 is 10.6 Å². The Bertz CT molecular complexity index is 681. The number of aromatic nitrogens is 1. The van der Waals surface area contributed by atoms with Gasteiger partial charge in [0.25, 0.3) is 0 Å².